The van der Waals surface area contributed by atoms with E-state index in [1.54, 1.807) is 0 Å². The first-order valence-corrected chi connectivity index (χ1v) is 10.6. The molecule has 0 bridgehead atoms. The van der Waals surface area contributed by atoms with Crippen LogP contribution in [0.1, 0.15) is 12.8 Å². The van der Waals surface area contributed by atoms with E-state index in [2.05, 4.69) is 9.47 Å². The second-order valence-corrected chi connectivity index (χ2v) is 8.58. The molecule has 0 saturated heterocycles. The van der Waals surface area contributed by atoms with Gasteiger partial charge in [0.1, 0.15) is 5.57 Å². The first-order chi connectivity index (χ1) is 17.3. The number of carbonyl (C=O) groups excluding carboxylic acids is 2. The normalized spacial score (nSPS) is 15.9. The van der Waals surface area contributed by atoms with E-state index in [1.165, 1.54) is 0 Å². The van der Waals surface area contributed by atoms with E-state index < -0.39 is 94.7 Å². The fourth-order valence-electron chi connectivity index (χ4n) is 2.14. The van der Waals surface area contributed by atoms with E-state index in [9.17, 15) is 88.3 Å². The van der Waals surface area contributed by atoms with Crippen molar-refractivity contribution in [3.8, 4) is 0 Å². The molecule has 0 aliphatic carbocycles. The number of esters is 1. The molecule has 0 saturated carbocycles. The minimum Gasteiger partial charge on any atom is -0.412 e. The molecule has 236 valence electrons. The molecule has 0 rings (SSSR count). The van der Waals surface area contributed by atoms with Crippen molar-refractivity contribution in [2.45, 2.75) is 60.6 Å². The maximum absolute atomic E-state index is 13.7. The first-order valence-electron chi connectivity index (χ1n) is 9.13. The molecule has 0 aromatic heterocycles. The van der Waals surface area contributed by atoms with Gasteiger partial charge in [0, 0.05) is 6.42 Å². The largest absolute Gasteiger partial charge is 0.466 e. The quantitative estimate of drug-likeness (QED) is 0.0847. The predicted molar refractivity (Wildman–Crippen MR) is 90.7 cm³/mol. The standard InChI is InChI=1S/C15H11F16NO7S/c1-5(11(18,19)20)6(33)39-10(14(27,28)29,8(34)32-7(12(21,22)23)13(24,25)26)38-4-2-3-9(16,17)15(30,31)40(35,36)37/h7H,1-4H2,(H,32,34)(H,35,36,37). The van der Waals surface area contributed by atoms with Crippen molar-refractivity contribution in [1.29, 1.82) is 0 Å². The predicted octanol–water partition coefficient (Wildman–Crippen LogP) is 4.43. The van der Waals surface area contributed by atoms with E-state index in [1.807, 2.05) is 6.58 Å². The maximum Gasteiger partial charge on any atom is 0.466 e. The molecule has 1 atom stereocenters. The summed E-state index contributed by atoms with van der Waals surface area (Å²) in [6.07, 6.45) is -31.0. The number of alkyl halides is 16. The van der Waals surface area contributed by atoms with Crippen LogP contribution in [-0.4, -0.2) is 79.2 Å². The third kappa shape index (κ3) is 8.47. The van der Waals surface area contributed by atoms with Gasteiger partial charge in [-0.1, -0.05) is 6.58 Å². The number of hydrogen-bond acceptors (Lipinski definition) is 6. The van der Waals surface area contributed by atoms with Gasteiger partial charge >= 0.3 is 63.7 Å². The Kier molecular flexibility index (Phi) is 10.6. The van der Waals surface area contributed by atoms with Crippen molar-refractivity contribution in [3.05, 3.63) is 12.2 Å². The number of ether oxygens (including phenoxy) is 2. The smallest absolute Gasteiger partial charge is 0.412 e. The zero-order valence-electron chi connectivity index (χ0n) is 18.3. The molecular weight excluding hydrogens is 642 g/mol. The van der Waals surface area contributed by atoms with Crippen LogP contribution in [0.5, 0.6) is 0 Å². The molecule has 8 nitrogen and oxygen atoms in total. The number of rotatable bonds is 11. The lowest BCUT2D eigenvalue weighted by Crippen LogP contribution is -2.66. The first kappa shape index (κ1) is 37.4. The summed E-state index contributed by atoms with van der Waals surface area (Å²) >= 11 is 0. The molecule has 25 heteroatoms. The van der Waals surface area contributed by atoms with Crippen molar-refractivity contribution < 1.29 is 102 Å². The summed E-state index contributed by atoms with van der Waals surface area (Å²) in [5.41, 5.74) is -2.96. The second kappa shape index (κ2) is 11.4. The Hall–Kier alpha value is -2.57. The van der Waals surface area contributed by atoms with Crippen LogP contribution in [0.2, 0.25) is 0 Å². The molecule has 0 fully saturated rings. The number of carbonyl (C=O) groups is 2. The molecule has 1 amide bonds. The van der Waals surface area contributed by atoms with Crippen molar-refractivity contribution in [2.24, 2.45) is 0 Å². The Bertz CT molecular complexity index is 1050. The number of halogens is 16. The number of hydrogen-bond donors (Lipinski definition) is 2. The van der Waals surface area contributed by atoms with Crippen LogP contribution in [0.15, 0.2) is 12.2 Å². The number of amides is 1. The monoisotopic (exact) mass is 653 g/mol. The lowest BCUT2D eigenvalue weighted by molar-refractivity contribution is -0.350. The van der Waals surface area contributed by atoms with E-state index in [0.717, 1.165) is 0 Å². The van der Waals surface area contributed by atoms with Crippen molar-refractivity contribution in [1.82, 2.24) is 5.32 Å². The van der Waals surface area contributed by atoms with Crippen molar-refractivity contribution >= 4 is 22.0 Å². The maximum atomic E-state index is 13.7. The molecule has 0 aromatic rings. The number of nitrogens with one attached hydrogen (secondary N) is 1. The molecule has 40 heavy (non-hydrogen) atoms. The van der Waals surface area contributed by atoms with Gasteiger partial charge in [0.15, 0.2) is 0 Å². The van der Waals surface area contributed by atoms with Gasteiger partial charge in [-0.2, -0.15) is 78.7 Å². The Labute approximate surface area is 210 Å². The summed E-state index contributed by atoms with van der Waals surface area (Å²) in [6, 6.07) is -5.24. The summed E-state index contributed by atoms with van der Waals surface area (Å²) in [4.78, 5) is 23.5. The van der Waals surface area contributed by atoms with E-state index >= 15 is 0 Å². The highest BCUT2D eigenvalue weighted by atomic mass is 32.2. The van der Waals surface area contributed by atoms with Crippen LogP contribution in [0.25, 0.3) is 0 Å². The van der Waals surface area contributed by atoms with Crippen LogP contribution in [0.4, 0.5) is 70.2 Å². The van der Waals surface area contributed by atoms with E-state index in [0.29, 0.717) is 0 Å². The molecule has 1 unspecified atom stereocenters. The molecule has 0 aromatic carbocycles. The highest BCUT2D eigenvalue weighted by Gasteiger charge is 2.70. The Morgan fingerprint density at radius 2 is 1.25 bits per heavy atom. The highest BCUT2D eigenvalue weighted by molar-refractivity contribution is 7.87. The van der Waals surface area contributed by atoms with Gasteiger partial charge in [-0.05, 0) is 6.42 Å². The lowest BCUT2D eigenvalue weighted by atomic mass is 10.1. The molecular formula is C15H11F16NO7S. The van der Waals surface area contributed by atoms with E-state index in [-0.39, 0.29) is 5.32 Å². The average molecular weight is 653 g/mol. The summed E-state index contributed by atoms with van der Waals surface area (Å²) in [6.45, 7) is -0.484. The Morgan fingerprint density at radius 3 is 1.57 bits per heavy atom. The van der Waals surface area contributed by atoms with Gasteiger partial charge < -0.3 is 14.8 Å². The van der Waals surface area contributed by atoms with Gasteiger partial charge in [0.25, 0.3) is 0 Å². The van der Waals surface area contributed by atoms with Crippen LogP contribution in [0.3, 0.4) is 0 Å². The van der Waals surface area contributed by atoms with Gasteiger partial charge in [-0.25, -0.2) is 4.79 Å². The molecule has 0 radical (unpaired) electrons. The molecule has 2 N–H and O–H groups in total. The van der Waals surface area contributed by atoms with Crippen LogP contribution >= 0.6 is 0 Å². The topological polar surface area (TPSA) is 119 Å². The summed E-state index contributed by atoms with van der Waals surface area (Å²) in [5, 5.41) is -6.72. The fourth-order valence-corrected chi connectivity index (χ4v) is 2.62. The van der Waals surface area contributed by atoms with Crippen LogP contribution in [-0.2, 0) is 29.2 Å². The van der Waals surface area contributed by atoms with Gasteiger partial charge in [0.05, 0.1) is 6.61 Å². The average Bonchev–Trinajstić information content (AvgIpc) is 2.68. The minimum atomic E-state index is -6.93. The zero-order valence-corrected chi connectivity index (χ0v) is 19.1. The van der Waals surface area contributed by atoms with Crippen LogP contribution < -0.4 is 5.32 Å². The summed E-state index contributed by atoms with van der Waals surface area (Å²) < 4.78 is 244. The van der Waals surface area contributed by atoms with Crippen LogP contribution in [0, 0.1) is 0 Å². The summed E-state index contributed by atoms with van der Waals surface area (Å²) in [5.74, 6) is -19.1. The molecule has 0 aliphatic rings. The molecule has 0 spiro atoms. The minimum absolute atomic E-state index is 0.374. The summed E-state index contributed by atoms with van der Waals surface area (Å²) in [7, 11) is -6.91. The molecule has 0 heterocycles. The van der Waals surface area contributed by atoms with Gasteiger partial charge in [-0.3, -0.25) is 9.35 Å². The van der Waals surface area contributed by atoms with E-state index in [4.69, 9.17) is 4.55 Å². The fraction of sp³-hybridized carbons (Fsp3) is 0.733. The SMILES string of the molecule is C=C(C(=O)OC(OCCCC(F)(F)C(F)(F)S(=O)(=O)O)(C(=O)NC(C(F)(F)F)C(F)(F)F)C(F)(F)F)C(F)(F)F. The molecule has 0 aliphatic heterocycles. The Balaban J connectivity index is 6.58. The second-order valence-electron chi connectivity index (χ2n) is 7.12. The van der Waals surface area contributed by atoms with Gasteiger partial charge in [-0.15, -0.1) is 0 Å². The highest BCUT2D eigenvalue weighted by Crippen LogP contribution is 2.43. The lowest BCUT2D eigenvalue weighted by Gasteiger charge is -2.35. The van der Waals surface area contributed by atoms with Crippen molar-refractivity contribution in [2.75, 3.05) is 6.61 Å². The Morgan fingerprint density at radius 1 is 0.825 bits per heavy atom. The zero-order chi connectivity index (χ0) is 32.6. The third-order valence-electron chi connectivity index (χ3n) is 4.12. The van der Waals surface area contributed by atoms with Gasteiger partial charge in [0.2, 0.25) is 6.04 Å². The van der Waals surface area contributed by atoms with Crippen molar-refractivity contribution in [3.63, 3.8) is 0 Å². The third-order valence-corrected chi connectivity index (χ3v) is 5.06.